The first kappa shape index (κ1) is 37.3. The van der Waals surface area contributed by atoms with Crippen molar-refractivity contribution in [3.63, 3.8) is 0 Å². The Balaban J connectivity index is 1.01. The Labute approximate surface area is 378 Å². The van der Waals surface area contributed by atoms with Crippen LogP contribution in [-0.4, -0.2) is 14.1 Å². The minimum atomic E-state index is -0.136. The summed E-state index contributed by atoms with van der Waals surface area (Å²) in [6.45, 7) is 4.75. The first-order chi connectivity index (χ1) is 32.0. The van der Waals surface area contributed by atoms with Crippen LogP contribution in [0.2, 0.25) is 0 Å². The van der Waals surface area contributed by atoms with Crippen LogP contribution in [0.1, 0.15) is 25.0 Å². The quantitative estimate of drug-likeness (QED) is 0.164. The fourth-order valence-corrected chi connectivity index (χ4v) is 10.9. The summed E-state index contributed by atoms with van der Waals surface area (Å²) in [6, 6.07) is 81.9. The van der Waals surface area contributed by atoms with Gasteiger partial charge in [-0.2, -0.15) is 0 Å². The van der Waals surface area contributed by atoms with E-state index in [2.05, 4.69) is 241 Å². The number of hydrogen-bond donors (Lipinski definition) is 0. The monoisotopic (exact) mass is 829 g/mol. The van der Waals surface area contributed by atoms with E-state index in [9.17, 15) is 0 Å². The van der Waals surface area contributed by atoms with E-state index in [4.69, 9.17) is 4.98 Å². The number of para-hydroxylation sites is 2. The summed E-state index contributed by atoms with van der Waals surface area (Å²) < 4.78 is 4.84. The molecule has 0 saturated carbocycles. The lowest BCUT2D eigenvalue weighted by molar-refractivity contribution is 0.662. The lowest BCUT2D eigenvalue weighted by Crippen LogP contribution is -2.16. The molecule has 1 aliphatic rings. The summed E-state index contributed by atoms with van der Waals surface area (Å²) in [5.41, 5.74) is 21.3. The van der Waals surface area contributed by atoms with Crippen LogP contribution in [0.4, 0.5) is 0 Å². The second-order valence-corrected chi connectivity index (χ2v) is 17.9. The van der Waals surface area contributed by atoms with E-state index in [-0.39, 0.29) is 5.41 Å². The molecule has 0 atom stereocenters. The molecule has 0 saturated heterocycles. The molecule has 0 unspecified atom stereocenters. The Morgan fingerprint density at radius 1 is 0.323 bits per heavy atom. The van der Waals surface area contributed by atoms with E-state index in [1.165, 1.54) is 82.6 Å². The van der Waals surface area contributed by atoms with Gasteiger partial charge in [0.15, 0.2) is 0 Å². The fraction of sp³-hybridized carbons (Fsp3) is 0.0484. The molecule has 0 aliphatic heterocycles. The number of pyridine rings is 1. The van der Waals surface area contributed by atoms with Crippen molar-refractivity contribution in [2.24, 2.45) is 0 Å². The number of nitrogens with zero attached hydrogens (tertiary/aromatic N) is 3. The van der Waals surface area contributed by atoms with Crippen molar-refractivity contribution in [3.8, 4) is 67.3 Å². The summed E-state index contributed by atoms with van der Waals surface area (Å²) >= 11 is 0. The second-order valence-electron chi connectivity index (χ2n) is 17.9. The highest BCUT2D eigenvalue weighted by Crippen LogP contribution is 2.52. The molecule has 0 fully saturated rings. The number of benzene rings is 9. The molecule has 0 amide bonds. The average Bonchev–Trinajstić information content (AvgIpc) is 3.96. The number of rotatable bonds is 6. The van der Waals surface area contributed by atoms with Crippen LogP contribution in [0.3, 0.4) is 0 Å². The van der Waals surface area contributed by atoms with E-state index in [1.54, 1.807) is 0 Å². The Morgan fingerprint density at radius 2 is 0.862 bits per heavy atom. The third-order valence-corrected chi connectivity index (χ3v) is 13.9. The van der Waals surface area contributed by atoms with Crippen molar-refractivity contribution in [2.75, 3.05) is 0 Å². The lowest BCUT2D eigenvalue weighted by Gasteiger charge is -2.24. The molecular weight excluding hydrogens is 787 g/mol. The van der Waals surface area contributed by atoms with Crippen molar-refractivity contribution in [2.45, 2.75) is 19.3 Å². The average molecular weight is 830 g/mol. The highest BCUT2D eigenvalue weighted by atomic mass is 15.0. The summed E-state index contributed by atoms with van der Waals surface area (Å²) in [5.74, 6) is 0. The molecule has 0 bridgehead atoms. The largest absolute Gasteiger partial charge is 0.309 e. The third-order valence-electron chi connectivity index (χ3n) is 13.9. The Hall–Kier alpha value is -8.27. The lowest BCUT2D eigenvalue weighted by atomic mass is 9.79. The van der Waals surface area contributed by atoms with Gasteiger partial charge in [-0.3, -0.25) is 0 Å². The molecule has 3 nitrogen and oxygen atoms in total. The number of aromatic nitrogens is 3. The van der Waals surface area contributed by atoms with Crippen molar-refractivity contribution < 1.29 is 0 Å². The summed E-state index contributed by atoms with van der Waals surface area (Å²) in [6.07, 6.45) is 0. The SMILES string of the molecule is CC1(C)c2ccccc2-c2cccc(-c3ccc4c5cc(-c6ccc7c(c6)c6ccccc6n7-c6ccccc6)ccc5n(-c5cccc(-c6cccc(-c7ccccc7)n6)c5)c4c3)c21. The highest BCUT2D eigenvalue weighted by molar-refractivity contribution is 6.13. The molecule has 0 N–H and O–H groups in total. The van der Waals surface area contributed by atoms with Gasteiger partial charge in [0.05, 0.1) is 33.5 Å². The van der Waals surface area contributed by atoms with Crippen LogP contribution in [0, 0.1) is 0 Å². The van der Waals surface area contributed by atoms with Crippen molar-refractivity contribution in [1.82, 2.24) is 14.1 Å². The zero-order valence-corrected chi connectivity index (χ0v) is 36.2. The second kappa shape index (κ2) is 14.4. The van der Waals surface area contributed by atoms with Gasteiger partial charge in [-0.1, -0.05) is 166 Å². The standard InChI is InChI=1S/C62H43N3/c1-62(2)54-26-11-9-22-48(54)51-25-14-24-47(61(51)62)43-30-33-50-53-38-42(41-31-34-58-52(37-41)49-23-10-12-29-57(49)64(58)45-19-7-4-8-20-45)32-35-59(53)65(60(50)39-43)46-21-13-18-44(36-46)56-28-15-27-55(63-56)40-16-5-3-6-17-40/h3-39H,1-2H3. The zero-order valence-electron chi connectivity index (χ0n) is 36.2. The van der Waals surface area contributed by atoms with Gasteiger partial charge in [-0.05, 0) is 117 Å². The van der Waals surface area contributed by atoms with Crippen LogP contribution in [0.25, 0.3) is 111 Å². The maximum atomic E-state index is 5.17. The number of fused-ring (bicyclic) bond motifs is 9. The first-order valence-electron chi connectivity index (χ1n) is 22.5. The molecule has 13 rings (SSSR count). The van der Waals surface area contributed by atoms with Crippen molar-refractivity contribution >= 4 is 43.6 Å². The van der Waals surface area contributed by atoms with E-state index in [0.717, 1.165) is 39.4 Å². The van der Waals surface area contributed by atoms with Crippen molar-refractivity contribution in [1.29, 1.82) is 0 Å². The van der Waals surface area contributed by atoms with Crippen LogP contribution in [0.15, 0.2) is 224 Å². The van der Waals surface area contributed by atoms with E-state index < -0.39 is 0 Å². The molecule has 0 spiro atoms. The summed E-state index contributed by atoms with van der Waals surface area (Å²) in [7, 11) is 0. The van der Waals surface area contributed by atoms with Gasteiger partial charge in [-0.25, -0.2) is 4.98 Å². The van der Waals surface area contributed by atoms with Crippen LogP contribution >= 0.6 is 0 Å². The molecular formula is C62H43N3. The van der Waals surface area contributed by atoms with Gasteiger partial charge in [-0.15, -0.1) is 0 Å². The molecule has 3 aromatic heterocycles. The van der Waals surface area contributed by atoms with Gasteiger partial charge in [0.1, 0.15) is 0 Å². The van der Waals surface area contributed by atoms with E-state index >= 15 is 0 Å². The molecule has 3 heteroatoms. The topological polar surface area (TPSA) is 22.8 Å². The zero-order chi connectivity index (χ0) is 43.2. The first-order valence-corrected chi connectivity index (χ1v) is 22.5. The summed E-state index contributed by atoms with van der Waals surface area (Å²) in [4.78, 5) is 5.17. The van der Waals surface area contributed by atoms with Gasteiger partial charge in [0, 0.05) is 49.5 Å². The molecule has 65 heavy (non-hydrogen) atoms. The summed E-state index contributed by atoms with van der Waals surface area (Å²) in [5, 5.41) is 4.94. The highest BCUT2D eigenvalue weighted by Gasteiger charge is 2.37. The number of hydrogen-bond acceptors (Lipinski definition) is 1. The van der Waals surface area contributed by atoms with E-state index in [0.29, 0.717) is 0 Å². The molecule has 1 aliphatic carbocycles. The Morgan fingerprint density at radius 3 is 1.65 bits per heavy atom. The Bertz CT molecular complexity index is 3850. The Kier molecular flexibility index (Phi) is 8.25. The smallest absolute Gasteiger partial charge is 0.0710 e. The van der Waals surface area contributed by atoms with Gasteiger partial charge >= 0.3 is 0 Å². The molecule has 12 aromatic rings. The molecule has 0 radical (unpaired) electrons. The van der Waals surface area contributed by atoms with Gasteiger partial charge in [0.2, 0.25) is 0 Å². The third kappa shape index (κ3) is 5.79. The maximum Gasteiger partial charge on any atom is 0.0710 e. The molecule has 3 heterocycles. The molecule has 9 aromatic carbocycles. The predicted octanol–water partition coefficient (Wildman–Crippen LogP) is 16.3. The van der Waals surface area contributed by atoms with Crippen LogP contribution in [-0.2, 0) is 5.41 Å². The van der Waals surface area contributed by atoms with Crippen LogP contribution < -0.4 is 0 Å². The van der Waals surface area contributed by atoms with Gasteiger partial charge in [0.25, 0.3) is 0 Å². The minimum absolute atomic E-state index is 0.136. The molecule has 306 valence electrons. The van der Waals surface area contributed by atoms with Crippen LogP contribution in [0.5, 0.6) is 0 Å². The maximum absolute atomic E-state index is 5.17. The minimum Gasteiger partial charge on any atom is -0.309 e. The van der Waals surface area contributed by atoms with Gasteiger partial charge < -0.3 is 9.13 Å². The van der Waals surface area contributed by atoms with Crippen molar-refractivity contribution in [3.05, 3.63) is 236 Å². The predicted molar refractivity (Wildman–Crippen MR) is 272 cm³/mol. The fourth-order valence-electron chi connectivity index (χ4n) is 10.9. The van der Waals surface area contributed by atoms with E-state index in [1.807, 2.05) is 6.07 Å². The normalized spacial score (nSPS) is 12.9.